The summed E-state index contributed by atoms with van der Waals surface area (Å²) in [6.45, 7) is 3.56. The Bertz CT molecular complexity index is 540. The number of nitrogens with zero attached hydrogens (tertiary/aromatic N) is 2. The first kappa shape index (κ1) is 15.2. The van der Waals surface area contributed by atoms with Gasteiger partial charge in [0, 0.05) is 32.4 Å². The molecule has 6 nitrogen and oxygen atoms in total. The van der Waals surface area contributed by atoms with Crippen LogP contribution in [0, 0.1) is 5.92 Å². The second-order valence-electron chi connectivity index (χ2n) is 4.92. The van der Waals surface area contributed by atoms with E-state index in [9.17, 15) is 8.42 Å². The van der Waals surface area contributed by atoms with Crippen molar-refractivity contribution in [3.05, 3.63) is 18.3 Å². The minimum absolute atomic E-state index is 0.0873. The summed E-state index contributed by atoms with van der Waals surface area (Å²) in [5, 5.41) is 12.2. The Hall–Kier alpha value is -1.18. The van der Waals surface area contributed by atoms with Crippen molar-refractivity contribution >= 4 is 15.7 Å². The molecule has 0 aliphatic carbocycles. The molecule has 2 heterocycles. The largest absolute Gasteiger partial charge is 0.396 e. The van der Waals surface area contributed by atoms with Crippen molar-refractivity contribution in [1.82, 2.24) is 9.29 Å². The molecule has 0 radical (unpaired) electrons. The summed E-state index contributed by atoms with van der Waals surface area (Å²) in [5.74, 6) is 0.207. The van der Waals surface area contributed by atoms with Crippen molar-refractivity contribution in [2.75, 3.05) is 31.6 Å². The summed E-state index contributed by atoms with van der Waals surface area (Å²) < 4.78 is 26.7. The molecule has 0 atom stereocenters. The van der Waals surface area contributed by atoms with Crippen LogP contribution in [0.1, 0.15) is 19.8 Å². The molecule has 1 fully saturated rings. The Morgan fingerprint density at radius 3 is 2.75 bits per heavy atom. The molecule has 1 aliphatic rings. The number of sulfonamides is 1. The Morgan fingerprint density at radius 1 is 1.45 bits per heavy atom. The van der Waals surface area contributed by atoms with Gasteiger partial charge in [0.25, 0.3) is 10.0 Å². The lowest BCUT2D eigenvalue weighted by Gasteiger charge is -2.30. The lowest BCUT2D eigenvalue weighted by molar-refractivity contribution is 0.170. The first-order chi connectivity index (χ1) is 9.59. The van der Waals surface area contributed by atoms with E-state index in [2.05, 4.69) is 10.3 Å². The summed E-state index contributed by atoms with van der Waals surface area (Å²) in [6.07, 6.45) is 2.88. The van der Waals surface area contributed by atoms with Crippen molar-refractivity contribution in [2.24, 2.45) is 5.92 Å². The third-order valence-corrected chi connectivity index (χ3v) is 5.41. The summed E-state index contributed by atoms with van der Waals surface area (Å²) in [4.78, 5) is 4.04. The van der Waals surface area contributed by atoms with E-state index in [0.29, 0.717) is 38.2 Å². The van der Waals surface area contributed by atoms with Crippen LogP contribution in [0.2, 0.25) is 0 Å². The van der Waals surface area contributed by atoms with Crippen LogP contribution in [0.5, 0.6) is 0 Å². The lowest BCUT2D eigenvalue weighted by atomic mass is 10.00. The second kappa shape index (κ2) is 6.51. The Balaban J connectivity index is 2.23. The second-order valence-corrected chi connectivity index (χ2v) is 6.77. The molecule has 0 saturated carbocycles. The maximum atomic E-state index is 12.6. The van der Waals surface area contributed by atoms with Crippen molar-refractivity contribution in [2.45, 2.75) is 24.8 Å². The number of piperidine rings is 1. The first-order valence-corrected chi connectivity index (χ1v) is 8.33. The van der Waals surface area contributed by atoms with Crippen molar-refractivity contribution in [3.63, 3.8) is 0 Å². The normalized spacial score (nSPS) is 18.1. The van der Waals surface area contributed by atoms with Gasteiger partial charge in [0.1, 0.15) is 0 Å². The molecule has 0 aromatic carbocycles. The number of aromatic nitrogens is 1. The van der Waals surface area contributed by atoms with Crippen LogP contribution in [0.3, 0.4) is 0 Å². The van der Waals surface area contributed by atoms with Gasteiger partial charge in [-0.05, 0) is 37.8 Å². The zero-order chi connectivity index (χ0) is 14.6. The summed E-state index contributed by atoms with van der Waals surface area (Å²) in [5.41, 5.74) is 0.541. The molecule has 1 aromatic rings. The number of pyridine rings is 1. The summed E-state index contributed by atoms with van der Waals surface area (Å²) in [6, 6.07) is 3.44. The van der Waals surface area contributed by atoms with Gasteiger partial charge < -0.3 is 10.4 Å². The van der Waals surface area contributed by atoms with E-state index < -0.39 is 10.0 Å². The van der Waals surface area contributed by atoms with Crippen LogP contribution in [0.4, 0.5) is 5.69 Å². The highest BCUT2D eigenvalue weighted by Crippen LogP contribution is 2.26. The first-order valence-electron chi connectivity index (χ1n) is 6.89. The number of anilines is 1. The maximum absolute atomic E-state index is 12.6. The average molecular weight is 299 g/mol. The highest BCUT2D eigenvalue weighted by Gasteiger charge is 2.31. The fourth-order valence-electron chi connectivity index (χ4n) is 2.38. The average Bonchev–Trinajstić information content (AvgIpc) is 2.48. The van der Waals surface area contributed by atoms with Crippen LogP contribution < -0.4 is 5.32 Å². The Labute approximate surface area is 119 Å². The SMILES string of the molecule is CCNc1cccnc1S(=O)(=O)N1CCC(CO)CC1. The van der Waals surface area contributed by atoms with E-state index >= 15 is 0 Å². The topological polar surface area (TPSA) is 82.5 Å². The molecule has 0 bridgehead atoms. The minimum Gasteiger partial charge on any atom is -0.396 e. The molecule has 7 heteroatoms. The van der Waals surface area contributed by atoms with Gasteiger partial charge in [0.2, 0.25) is 0 Å². The Kier molecular flexibility index (Phi) is 4.95. The van der Waals surface area contributed by atoms with Gasteiger partial charge in [-0.25, -0.2) is 13.4 Å². The molecule has 2 N–H and O–H groups in total. The van der Waals surface area contributed by atoms with E-state index in [1.807, 2.05) is 6.92 Å². The Morgan fingerprint density at radius 2 is 2.15 bits per heavy atom. The molecule has 2 rings (SSSR count). The van der Waals surface area contributed by atoms with Crippen LogP contribution in [-0.4, -0.2) is 49.1 Å². The molecule has 1 aromatic heterocycles. The van der Waals surface area contributed by atoms with Gasteiger partial charge in [-0.3, -0.25) is 0 Å². The molecule has 20 heavy (non-hydrogen) atoms. The zero-order valence-electron chi connectivity index (χ0n) is 11.6. The minimum atomic E-state index is -3.57. The van der Waals surface area contributed by atoms with Gasteiger partial charge in [-0.2, -0.15) is 4.31 Å². The zero-order valence-corrected chi connectivity index (χ0v) is 12.4. The number of hydrogen-bond acceptors (Lipinski definition) is 5. The fraction of sp³-hybridized carbons (Fsp3) is 0.615. The third kappa shape index (κ3) is 3.11. The summed E-state index contributed by atoms with van der Waals surface area (Å²) in [7, 11) is -3.57. The van der Waals surface area contributed by atoms with Crippen LogP contribution in [-0.2, 0) is 10.0 Å². The molecule has 0 unspecified atom stereocenters. The van der Waals surface area contributed by atoms with Crippen molar-refractivity contribution in [1.29, 1.82) is 0 Å². The van der Waals surface area contributed by atoms with E-state index in [0.717, 1.165) is 0 Å². The highest BCUT2D eigenvalue weighted by molar-refractivity contribution is 7.89. The quantitative estimate of drug-likeness (QED) is 0.844. The lowest BCUT2D eigenvalue weighted by Crippen LogP contribution is -2.39. The molecule has 0 amide bonds. The number of aliphatic hydroxyl groups excluding tert-OH is 1. The van der Waals surface area contributed by atoms with E-state index in [1.165, 1.54) is 10.5 Å². The standard InChI is InChI=1S/C13H21N3O3S/c1-2-14-12-4-3-7-15-13(12)20(18,19)16-8-5-11(10-17)6-9-16/h3-4,7,11,14,17H,2,5-6,8-10H2,1H3. The molecule has 1 saturated heterocycles. The fourth-order valence-corrected chi connectivity index (χ4v) is 3.92. The van der Waals surface area contributed by atoms with E-state index in [4.69, 9.17) is 5.11 Å². The van der Waals surface area contributed by atoms with Gasteiger partial charge in [0.05, 0.1) is 5.69 Å². The predicted octanol–water partition coefficient (Wildman–Crippen LogP) is 0.906. The van der Waals surface area contributed by atoms with Crippen LogP contribution >= 0.6 is 0 Å². The molecular weight excluding hydrogens is 278 g/mol. The van der Waals surface area contributed by atoms with Crippen molar-refractivity contribution < 1.29 is 13.5 Å². The molecule has 112 valence electrons. The third-order valence-electron chi connectivity index (χ3n) is 3.55. The van der Waals surface area contributed by atoms with Crippen LogP contribution in [0.25, 0.3) is 0 Å². The number of hydrogen-bond donors (Lipinski definition) is 2. The summed E-state index contributed by atoms with van der Waals surface area (Å²) >= 11 is 0. The van der Waals surface area contributed by atoms with Gasteiger partial charge >= 0.3 is 0 Å². The molecule has 0 spiro atoms. The molecular formula is C13H21N3O3S. The molecule has 1 aliphatic heterocycles. The highest BCUT2D eigenvalue weighted by atomic mass is 32.2. The number of rotatable bonds is 5. The van der Waals surface area contributed by atoms with Gasteiger partial charge in [-0.1, -0.05) is 0 Å². The van der Waals surface area contributed by atoms with Gasteiger partial charge in [0.15, 0.2) is 5.03 Å². The van der Waals surface area contributed by atoms with Gasteiger partial charge in [-0.15, -0.1) is 0 Å². The number of aliphatic hydroxyl groups is 1. The maximum Gasteiger partial charge on any atom is 0.262 e. The van der Waals surface area contributed by atoms with Crippen LogP contribution in [0.15, 0.2) is 23.4 Å². The smallest absolute Gasteiger partial charge is 0.262 e. The predicted molar refractivity (Wildman–Crippen MR) is 77.0 cm³/mol. The monoisotopic (exact) mass is 299 g/mol. The van der Waals surface area contributed by atoms with Crippen molar-refractivity contribution in [3.8, 4) is 0 Å². The van der Waals surface area contributed by atoms with E-state index in [-0.39, 0.29) is 17.6 Å². The number of nitrogens with one attached hydrogen (secondary N) is 1. The van der Waals surface area contributed by atoms with E-state index in [1.54, 1.807) is 12.1 Å².